The molecule has 0 aliphatic heterocycles. The molecule has 0 heterocycles. The summed E-state index contributed by atoms with van der Waals surface area (Å²) in [6, 6.07) is 0. The molecule has 0 saturated carbocycles. The van der Waals surface area contributed by atoms with Gasteiger partial charge in [-0.15, -0.1) is 0 Å². The van der Waals surface area contributed by atoms with Crippen molar-refractivity contribution in [1.29, 1.82) is 0 Å². The summed E-state index contributed by atoms with van der Waals surface area (Å²) in [7, 11) is 0. The van der Waals surface area contributed by atoms with Gasteiger partial charge in [-0.25, -0.2) is 0 Å². The Morgan fingerprint density at radius 1 is 0.472 bits per heavy atom. The largest absolute Gasteiger partial charge is 0.457 e. The zero-order chi connectivity index (χ0) is 38.4. The van der Waals surface area contributed by atoms with Crippen LogP contribution < -0.4 is 0 Å². The van der Waals surface area contributed by atoms with Crippen LogP contribution in [0.25, 0.3) is 0 Å². The number of hydrogen-bond donors (Lipinski definition) is 1. The highest BCUT2D eigenvalue weighted by molar-refractivity contribution is 5.69. The summed E-state index contributed by atoms with van der Waals surface area (Å²) in [5.41, 5.74) is 0. The average Bonchev–Trinajstić information content (AvgIpc) is 3.16. The molecule has 0 saturated heterocycles. The maximum atomic E-state index is 12.2. The van der Waals surface area contributed by atoms with Crippen LogP contribution >= 0.6 is 0 Å². The molecule has 4 heteroatoms. The van der Waals surface area contributed by atoms with E-state index in [0.717, 1.165) is 83.5 Å². The minimum atomic E-state index is -0.561. The number of carbonyl (C=O) groups excluding carboxylic acids is 1. The first-order valence-corrected chi connectivity index (χ1v) is 21.8. The summed E-state index contributed by atoms with van der Waals surface area (Å²) in [6.45, 7) is 5.12. The molecule has 0 aromatic rings. The highest BCUT2D eigenvalue weighted by atomic mass is 16.6. The minimum Gasteiger partial charge on any atom is -0.457 e. The molecule has 53 heavy (non-hydrogen) atoms. The lowest BCUT2D eigenvalue weighted by Gasteiger charge is -2.15. The third-order valence-corrected chi connectivity index (χ3v) is 8.89. The summed E-state index contributed by atoms with van der Waals surface area (Å²) >= 11 is 0. The topological polar surface area (TPSA) is 55.8 Å². The molecule has 0 aliphatic carbocycles. The molecule has 4 nitrogen and oxygen atoms in total. The summed E-state index contributed by atoms with van der Waals surface area (Å²) in [4.78, 5) is 12.2. The molecule has 0 bridgehead atoms. The van der Waals surface area contributed by atoms with Gasteiger partial charge in [-0.05, 0) is 96.3 Å². The van der Waals surface area contributed by atoms with Crippen molar-refractivity contribution >= 4 is 5.97 Å². The molecule has 0 aliphatic rings. The van der Waals surface area contributed by atoms with Crippen molar-refractivity contribution in [1.82, 2.24) is 0 Å². The van der Waals surface area contributed by atoms with Gasteiger partial charge in [0.25, 0.3) is 0 Å². The van der Waals surface area contributed by atoms with Gasteiger partial charge in [-0.2, -0.15) is 0 Å². The van der Waals surface area contributed by atoms with Crippen LogP contribution in [0.15, 0.2) is 97.2 Å². The first kappa shape index (κ1) is 50.3. The van der Waals surface area contributed by atoms with E-state index < -0.39 is 6.10 Å². The molecule has 1 atom stereocenters. The molecule has 302 valence electrons. The van der Waals surface area contributed by atoms with E-state index in [9.17, 15) is 9.90 Å². The average molecular weight is 735 g/mol. The Morgan fingerprint density at radius 2 is 0.849 bits per heavy atom. The Labute approximate surface area is 328 Å². The normalized spacial score (nSPS) is 13.3. The summed E-state index contributed by atoms with van der Waals surface area (Å²) in [6.07, 6.45) is 64.6. The van der Waals surface area contributed by atoms with Gasteiger partial charge in [-0.3, -0.25) is 4.79 Å². The number of carbonyl (C=O) groups is 1. The highest BCUT2D eigenvalue weighted by Crippen LogP contribution is 2.13. The highest BCUT2D eigenvalue weighted by Gasteiger charge is 2.13. The maximum absolute atomic E-state index is 12.2. The molecule has 0 spiro atoms. The van der Waals surface area contributed by atoms with E-state index in [1.165, 1.54) is 77.0 Å². The van der Waals surface area contributed by atoms with Crippen LogP contribution in [0.5, 0.6) is 0 Å². The molecule has 0 amide bonds. The molecule has 0 radical (unpaired) electrons. The van der Waals surface area contributed by atoms with Gasteiger partial charge in [0.15, 0.2) is 0 Å². The molecular weight excluding hydrogens is 653 g/mol. The van der Waals surface area contributed by atoms with Crippen molar-refractivity contribution in [2.75, 3.05) is 19.8 Å². The van der Waals surface area contributed by atoms with Gasteiger partial charge in [-0.1, -0.05) is 175 Å². The van der Waals surface area contributed by atoms with E-state index in [4.69, 9.17) is 9.47 Å². The first-order valence-electron chi connectivity index (χ1n) is 21.8. The Bertz CT molecular complexity index is 996. The van der Waals surface area contributed by atoms with Gasteiger partial charge in [0.2, 0.25) is 0 Å². The van der Waals surface area contributed by atoms with Crippen LogP contribution in [0.3, 0.4) is 0 Å². The Balaban J connectivity index is 3.56. The van der Waals surface area contributed by atoms with Crippen molar-refractivity contribution in [3.05, 3.63) is 97.2 Å². The Morgan fingerprint density at radius 3 is 1.28 bits per heavy atom. The standard InChI is InChI=1S/C49H82O4/c1-3-5-7-9-11-13-15-17-19-21-23-24-25-27-29-31-33-35-37-39-41-43-45-52-47-48(46-50)53-49(51)44-42-40-38-36-34-32-30-28-26-22-20-18-16-14-12-10-8-6-4-2/h5,7,11-14,17-20,23-24,27,29,33,35,48,50H,3-4,6,8-10,15-16,21-22,25-26,28,30-32,34,36-47H2,1-2H3/b7-5-,13-11-,14-12-,19-17-,20-18-,24-23-,29-27-,35-33-. The van der Waals surface area contributed by atoms with Gasteiger partial charge in [0, 0.05) is 13.0 Å². The van der Waals surface area contributed by atoms with Crippen LogP contribution in [-0.4, -0.2) is 37.0 Å². The second kappa shape index (κ2) is 45.5. The number of allylic oxidation sites excluding steroid dienone is 16. The zero-order valence-corrected chi connectivity index (χ0v) is 34.5. The number of hydrogen-bond acceptors (Lipinski definition) is 4. The third-order valence-electron chi connectivity index (χ3n) is 8.89. The van der Waals surface area contributed by atoms with Crippen molar-refractivity contribution in [2.45, 2.75) is 187 Å². The number of aliphatic hydroxyl groups is 1. The minimum absolute atomic E-state index is 0.193. The van der Waals surface area contributed by atoms with E-state index in [2.05, 4.69) is 111 Å². The molecule has 0 aromatic heterocycles. The van der Waals surface area contributed by atoms with E-state index in [-0.39, 0.29) is 19.2 Å². The van der Waals surface area contributed by atoms with Crippen LogP contribution in [0, 0.1) is 0 Å². The van der Waals surface area contributed by atoms with E-state index >= 15 is 0 Å². The number of esters is 1. The molecule has 0 rings (SSSR count). The molecule has 1 N–H and O–H groups in total. The molecule has 0 fully saturated rings. The lowest BCUT2D eigenvalue weighted by atomic mass is 10.1. The fourth-order valence-electron chi connectivity index (χ4n) is 5.65. The quantitative estimate of drug-likeness (QED) is 0.0388. The predicted octanol–water partition coefficient (Wildman–Crippen LogP) is 14.5. The van der Waals surface area contributed by atoms with E-state index in [0.29, 0.717) is 13.0 Å². The van der Waals surface area contributed by atoms with Crippen LogP contribution in [-0.2, 0) is 14.3 Å². The van der Waals surface area contributed by atoms with Gasteiger partial charge >= 0.3 is 5.97 Å². The van der Waals surface area contributed by atoms with Crippen molar-refractivity contribution in [3.8, 4) is 0 Å². The lowest BCUT2D eigenvalue weighted by Crippen LogP contribution is -2.27. The van der Waals surface area contributed by atoms with Crippen LogP contribution in [0.4, 0.5) is 0 Å². The van der Waals surface area contributed by atoms with E-state index in [1.807, 2.05) is 0 Å². The fraction of sp³-hybridized carbons (Fsp3) is 0.653. The van der Waals surface area contributed by atoms with Crippen molar-refractivity contribution < 1.29 is 19.4 Å². The van der Waals surface area contributed by atoms with Crippen molar-refractivity contribution in [3.63, 3.8) is 0 Å². The number of unbranched alkanes of at least 4 members (excludes halogenated alkanes) is 15. The SMILES string of the molecule is CC/C=C\C/C=C\C/C=C\C/C=C\C/C=C\C/C=C\CCCCCOCC(CO)OC(=O)CCCCCCCCCCC/C=C\C/C=C\CCCCC. The van der Waals surface area contributed by atoms with Gasteiger partial charge in [0.05, 0.1) is 13.2 Å². The zero-order valence-electron chi connectivity index (χ0n) is 34.5. The number of ether oxygens (including phenoxy) is 2. The summed E-state index contributed by atoms with van der Waals surface area (Å²) in [5, 5.41) is 9.61. The van der Waals surface area contributed by atoms with Gasteiger partial charge in [0.1, 0.15) is 6.10 Å². The lowest BCUT2D eigenvalue weighted by molar-refractivity contribution is -0.154. The molecule has 0 aromatic carbocycles. The summed E-state index contributed by atoms with van der Waals surface area (Å²) < 4.78 is 11.1. The fourth-order valence-corrected chi connectivity index (χ4v) is 5.65. The summed E-state index contributed by atoms with van der Waals surface area (Å²) in [5.74, 6) is -0.221. The van der Waals surface area contributed by atoms with E-state index in [1.54, 1.807) is 0 Å². The Kier molecular flexibility index (Phi) is 43.2. The number of aliphatic hydroxyl groups excluding tert-OH is 1. The predicted molar refractivity (Wildman–Crippen MR) is 232 cm³/mol. The first-order chi connectivity index (χ1) is 26.2. The second-order valence-electron chi connectivity index (χ2n) is 14.0. The van der Waals surface area contributed by atoms with Crippen molar-refractivity contribution in [2.24, 2.45) is 0 Å². The maximum Gasteiger partial charge on any atom is 0.306 e. The molecule has 1 unspecified atom stereocenters. The monoisotopic (exact) mass is 735 g/mol. The molecular formula is C49H82O4. The second-order valence-corrected chi connectivity index (χ2v) is 14.0. The van der Waals surface area contributed by atoms with Gasteiger partial charge < -0.3 is 14.6 Å². The smallest absolute Gasteiger partial charge is 0.306 e. The third kappa shape index (κ3) is 43.6. The number of rotatable bonds is 39. The Hall–Kier alpha value is -2.69. The van der Waals surface area contributed by atoms with Crippen LogP contribution in [0.1, 0.15) is 181 Å². The van der Waals surface area contributed by atoms with Crippen LogP contribution in [0.2, 0.25) is 0 Å².